The monoisotopic (exact) mass is 259 g/mol. The van der Waals surface area contributed by atoms with E-state index in [1.807, 2.05) is 17.0 Å². The van der Waals surface area contributed by atoms with E-state index in [2.05, 4.69) is 0 Å². The summed E-state index contributed by atoms with van der Waals surface area (Å²) >= 11 is 0. The quantitative estimate of drug-likeness (QED) is 0.603. The van der Waals surface area contributed by atoms with E-state index in [9.17, 15) is 9.59 Å². The molecule has 0 aliphatic carbocycles. The predicted molar refractivity (Wildman–Crippen MR) is 70.9 cm³/mol. The van der Waals surface area contributed by atoms with Crippen molar-refractivity contribution in [1.29, 1.82) is 0 Å². The van der Waals surface area contributed by atoms with Crippen LogP contribution in [0.25, 0.3) is 11.0 Å². The first kappa shape index (κ1) is 11.9. The number of aldehydes is 1. The smallest absolute Gasteiger partial charge is 0.349 e. The molecule has 1 aliphatic heterocycles. The SMILES string of the molecule is O=Cc1c(N2CCOCC2)c2ccccc2oc1=O. The Morgan fingerprint density at radius 2 is 1.89 bits per heavy atom. The number of anilines is 1. The van der Waals surface area contributed by atoms with Crippen molar-refractivity contribution in [2.45, 2.75) is 0 Å². The van der Waals surface area contributed by atoms with Crippen LogP contribution in [-0.4, -0.2) is 32.6 Å². The van der Waals surface area contributed by atoms with Crippen molar-refractivity contribution < 1.29 is 13.9 Å². The number of carbonyl (C=O) groups is 1. The number of hydrogen-bond donors (Lipinski definition) is 0. The molecule has 0 amide bonds. The van der Waals surface area contributed by atoms with E-state index in [-0.39, 0.29) is 5.56 Å². The molecule has 5 nitrogen and oxygen atoms in total. The van der Waals surface area contributed by atoms with E-state index in [1.165, 1.54) is 0 Å². The molecular weight excluding hydrogens is 246 g/mol. The molecule has 0 atom stereocenters. The number of ether oxygens (including phenoxy) is 1. The van der Waals surface area contributed by atoms with E-state index in [0.29, 0.717) is 43.9 Å². The van der Waals surface area contributed by atoms with Gasteiger partial charge in [0.2, 0.25) is 0 Å². The summed E-state index contributed by atoms with van der Waals surface area (Å²) < 4.78 is 10.5. The largest absolute Gasteiger partial charge is 0.422 e. The first-order chi connectivity index (χ1) is 9.31. The third-order valence-corrected chi connectivity index (χ3v) is 3.27. The topological polar surface area (TPSA) is 59.8 Å². The molecule has 1 aromatic carbocycles. The second kappa shape index (κ2) is 4.85. The van der Waals surface area contributed by atoms with Gasteiger partial charge < -0.3 is 14.1 Å². The van der Waals surface area contributed by atoms with Gasteiger partial charge >= 0.3 is 5.63 Å². The van der Waals surface area contributed by atoms with E-state index < -0.39 is 5.63 Å². The lowest BCUT2D eigenvalue weighted by atomic mass is 10.1. The van der Waals surface area contributed by atoms with Crippen molar-refractivity contribution >= 4 is 22.9 Å². The lowest BCUT2D eigenvalue weighted by molar-refractivity contribution is 0.111. The molecule has 1 aromatic heterocycles. The Morgan fingerprint density at radius 1 is 1.16 bits per heavy atom. The third kappa shape index (κ3) is 2.02. The molecule has 2 aromatic rings. The Kier molecular flexibility index (Phi) is 3.05. The minimum atomic E-state index is -0.588. The minimum absolute atomic E-state index is 0.0839. The number of benzene rings is 1. The average molecular weight is 259 g/mol. The summed E-state index contributed by atoms with van der Waals surface area (Å²) in [5.41, 5.74) is 0.653. The Labute approximate surface area is 109 Å². The molecule has 19 heavy (non-hydrogen) atoms. The zero-order valence-electron chi connectivity index (χ0n) is 10.3. The summed E-state index contributed by atoms with van der Waals surface area (Å²) in [6, 6.07) is 7.25. The average Bonchev–Trinajstić information content (AvgIpc) is 2.46. The standard InChI is InChI=1S/C14H13NO4/c16-9-11-13(15-5-7-18-8-6-15)10-3-1-2-4-12(10)19-14(11)17/h1-4,9H,5-8H2. The van der Waals surface area contributed by atoms with Gasteiger partial charge in [0.05, 0.1) is 18.9 Å². The normalized spacial score (nSPS) is 15.7. The molecule has 0 saturated carbocycles. The molecule has 2 heterocycles. The Bertz CT molecular complexity index is 671. The van der Waals surface area contributed by atoms with Crippen LogP contribution in [0.3, 0.4) is 0 Å². The van der Waals surface area contributed by atoms with Gasteiger partial charge in [-0.25, -0.2) is 4.79 Å². The summed E-state index contributed by atoms with van der Waals surface area (Å²) in [7, 11) is 0. The number of rotatable bonds is 2. The zero-order chi connectivity index (χ0) is 13.2. The van der Waals surface area contributed by atoms with E-state index in [0.717, 1.165) is 5.39 Å². The highest BCUT2D eigenvalue weighted by Crippen LogP contribution is 2.28. The van der Waals surface area contributed by atoms with Crippen LogP contribution in [0.4, 0.5) is 5.69 Å². The van der Waals surface area contributed by atoms with Crippen molar-refractivity contribution in [1.82, 2.24) is 0 Å². The maximum Gasteiger partial charge on any atom is 0.349 e. The lowest BCUT2D eigenvalue weighted by Crippen LogP contribution is -2.37. The number of hydrogen-bond acceptors (Lipinski definition) is 5. The molecule has 3 rings (SSSR count). The maximum absolute atomic E-state index is 11.9. The highest BCUT2D eigenvalue weighted by atomic mass is 16.5. The second-order valence-corrected chi connectivity index (χ2v) is 4.37. The summed E-state index contributed by atoms with van der Waals surface area (Å²) in [5, 5.41) is 0.783. The molecule has 1 fully saturated rings. The van der Waals surface area contributed by atoms with Gasteiger partial charge in [-0.2, -0.15) is 0 Å². The molecular formula is C14H13NO4. The fourth-order valence-electron chi connectivity index (χ4n) is 2.38. The molecule has 0 spiro atoms. The highest BCUT2D eigenvalue weighted by Gasteiger charge is 2.21. The molecule has 1 aliphatic rings. The lowest BCUT2D eigenvalue weighted by Gasteiger charge is -2.30. The summed E-state index contributed by atoms with van der Waals surface area (Å²) in [6.07, 6.45) is 0.572. The second-order valence-electron chi connectivity index (χ2n) is 4.37. The van der Waals surface area contributed by atoms with Crippen LogP contribution < -0.4 is 10.5 Å². The van der Waals surface area contributed by atoms with Crippen molar-refractivity contribution in [2.75, 3.05) is 31.2 Å². The van der Waals surface area contributed by atoms with Crippen molar-refractivity contribution in [3.8, 4) is 0 Å². The van der Waals surface area contributed by atoms with Gasteiger partial charge in [0.15, 0.2) is 6.29 Å². The Balaban J connectivity index is 2.29. The fraction of sp³-hybridized carbons (Fsp3) is 0.286. The van der Waals surface area contributed by atoms with Crippen LogP contribution in [0.1, 0.15) is 10.4 Å². The third-order valence-electron chi connectivity index (χ3n) is 3.27. The van der Waals surface area contributed by atoms with Crippen molar-refractivity contribution in [3.05, 3.63) is 40.2 Å². The van der Waals surface area contributed by atoms with E-state index in [1.54, 1.807) is 12.1 Å². The first-order valence-electron chi connectivity index (χ1n) is 6.15. The van der Waals surface area contributed by atoms with Crippen LogP contribution in [-0.2, 0) is 4.74 Å². The van der Waals surface area contributed by atoms with E-state index >= 15 is 0 Å². The van der Waals surface area contributed by atoms with Crippen LogP contribution >= 0.6 is 0 Å². The van der Waals surface area contributed by atoms with Crippen molar-refractivity contribution in [3.63, 3.8) is 0 Å². The van der Waals surface area contributed by atoms with Crippen LogP contribution in [0.5, 0.6) is 0 Å². The highest BCUT2D eigenvalue weighted by molar-refractivity contribution is 5.99. The number of nitrogens with zero attached hydrogens (tertiary/aromatic N) is 1. The Hall–Kier alpha value is -2.14. The van der Waals surface area contributed by atoms with Gasteiger partial charge in [0.25, 0.3) is 0 Å². The summed E-state index contributed by atoms with van der Waals surface area (Å²) in [6.45, 7) is 2.50. The number of carbonyl (C=O) groups excluding carboxylic acids is 1. The minimum Gasteiger partial charge on any atom is -0.422 e. The molecule has 0 N–H and O–H groups in total. The molecule has 5 heteroatoms. The molecule has 1 saturated heterocycles. The van der Waals surface area contributed by atoms with Gasteiger partial charge in [0, 0.05) is 18.5 Å². The van der Waals surface area contributed by atoms with Gasteiger partial charge in [-0.05, 0) is 12.1 Å². The molecule has 0 unspecified atom stereocenters. The van der Waals surface area contributed by atoms with Gasteiger partial charge in [-0.15, -0.1) is 0 Å². The Morgan fingerprint density at radius 3 is 2.63 bits per heavy atom. The maximum atomic E-state index is 11.9. The van der Waals surface area contributed by atoms with Gasteiger partial charge in [-0.1, -0.05) is 12.1 Å². The molecule has 0 bridgehead atoms. The fourth-order valence-corrected chi connectivity index (χ4v) is 2.38. The molecule has 0 radical (unpaired) electrons. The van der Waals surface area contributed by atoms with Gasteiger partial charge in [-0.3, -0.25) is 4.79 Å². The van der Waals surface area contributed by atoms with Crippen LogP contribution in [0.15, 0.2) is 33.5 Å². The van der Waals surface area contributed by atoms with Crippen LogP contribution in [0.2, 0.25) is 0 Å². The number of morpholine rings is 1. The predicted octanol–water partition coefficient (Wildman–Crippen LogP) is 1.44. The van der Waals surface area contributed by atoms with Crippen molar-refractivity contribution in [2.24, 2.45) is 0 Å². The van der Waals surface area contributed by atoms with Crippen LogP contribution in [0, 0.1) is 0 Å². The van der Waals surface area contributed by atoms with Gasteiger partial charge in [0.1, 0.15) is 11.1 Å². The first-order valence-corrected chi connectivity index (χ1v) is 6.15. The summed E-state index contributed by atoms with van der Waals surface area (Å²) in [4.78, 5) is 25.1. The number of fused-ring (bicyclic) bond motifs is 1. The summed E-state index contributed by atoms with van der Waals surface area (Å²) in [5.74, 6) is 0. The number of para-hydroxylation sites is 1. The van der Waals surface area contributed by atoms with E-state index in [4.69, 9.17) is 9.15 Å². The molecule has 98 valence electrons. The zero-order valence-corrected chi connectivity index (χ0v) is 10.3.